The Bertz CT molecular complexity index is 652. The minimum atomic E-state index is -0.394. The van der Waals surface area contributed by atoms with Crippen LogP contribution >= 0.6 is 0 Å². The molecule has 0 aliphatic heterocycles. The van der Waals surface area contributed by atoms with Gasteiger partial charge in [-0.3, -0.25) is 9.48 Å². The quantitative estimate of drug-likeness (QED) is 0.915. The Labute approximate surface area is 122 Å². The van der Waals surface area contributed by atoms with Gasteiger partial charge in [-0.1, -0.05) is 6.07 Å². The number of aryl methyl sites for hydroxylation is 2. The highest BCUT2D eigenvalue weighted by molar-refractivity contribution is 5.77. The highest BCUT2D eigenvalue weighted by Crippen LogP contribution is 2.12. The predicted octanol–water partition coefficient (Wildman–Crippen LogP) is 1.87. The number of rotatable bonds is 5. The zero-order chi connectivity index (χ0) is 15.4. The monoisotopic (exact) mass is 291 g/mol. The fourth-order valence-corrected chi connectivity index (χ4v) is 2.02. The van der Waals surface area contributed by atoms with Gasteiger partial charge in [-0.05, 0) is 26.0 Å². The van der Waals surface area contributed by atoms with Gasteiger partial charge in [-0.15, -0.1) is 0 Å². The largest absolute Gasteiger partial charge is 0.484 e. The van der Waals surface area contributed by atoms with E-state index in [9.17, 15) is 9.18 Å². The molecule has 1 N–H and O–H groups in total. The minimum absolute atomic E-state index is 0.151. The van der Waals surface area contributed by atoms with Crippen molar-refractivity contribution in [2.45, 2.75) is 20.4 Å². The van der Waals surface area contributed by atoms with E-state index in [1.54, 1.807) is 10.7 Å². The van der Waals surface area contributed by atoms with Crippen LogP contribution in [0.5, 0.6) is 5.75 Å². The average Bonchev–Trinajstić information content (AvgIpc) is 2.68. The molecule has 0 saturated carbocycles. The number of benzene rings is 1. The van der Waals surface area contributed by atoms with Crippen LogP contribution in [0.4, 0.5) is 4.39 Å². The lowest BCUT2D eigenvalue weighted by Crippen LogP contribution is -2.28. The number of hydrogen-bond donors (Lipinski definition) is 1. The van der Waals surface area contributed by atoms with Crippen molar-refractivity contribution in [1.29, 1.82) is 0 Å². The lowest BCUT2D eigenvalue weighted by molar-refractivity contribution is -0.123. The van der Waals surface area contributed by atoms with Crippen LogP contribution in [0.2, 0.25) is 0 Å². The van der Waals surface area contributed by atoms with Crippen LogP contribution < -0.4 is 10.1 Å². The van der Waals surface area contributed by atoms with Crippen LogP contribution in [-0.2, 0) is 18.4 Å². The second-order valence-electron chi connectivity index (χ2n) is 4.80. The SMILES string of the molecule is Cc1nn(C)c(C)c1CNC(=O)COc1cccc(F)c1. The minimum Gasteiger partial charge on any atom is -0.484 e. The first-order chi connectivity index (χ1) is 9.97. The number of aromatic nitrogens is 2. The molecule has 0 saturated heterocycles. The molecule has 0 fully saturated rings. The van der Waals surface area contributed by atoms with Crippen LogP contribution in [0.1, 0.15) is 17.0 Å². The van der Waals surface area contributed by atoms with Gasteiger partial charge in [0.05, 0.1) is 5.69 Å². The summed E-state index contributed by atoms with van der Waals surface area (Å²) in [5, 5.41) is 7.05. The third-order valence-electron chi connectivity index (χ3n) is 3.29. The number of nitrogens with one attached hydrogen (secondary N) is 1. The summed E-state index contributed by atoms with van der Waals surface area (Å²) in [5.41, 5.74) is 2.90. The van der Waals surface area contributed by atoms with Crippen LogP contribution in [0.25, 0.3) is 0 Å². The first-order valence-electron chi connectivity index (χ1n) is 6.61. The van der Waals surface area contributed by atoms with Gasteiger partial charge in [0.15, 0.2) is 6.61 Å². The molecule has 1 aromatic carbocycles. The predicted molar refractivity (Wildman–Crippen MR) is 76.4 cm³/mol. The third-order valence-corrected chi connectivity index (χ3v) is 3.29. The van der Waals surface area contributed by atoms with E-state index in [4.69, 9.17) is 4.74 Å². The molecule has 2 rings (SSSR count). The standard InChI is InChI=1S/C15H18FN3O2/c1-10-14(11(2)19(3)18-10)8-17-15(20)9-21-13-6-4-5-12(16)7-13/h4-7H,8-9H2,1-3H3,(H,17,20). The Morgan fingerprint density at radius 1 is 1.43 bits per heavy atom. The van der Waals surface area contributed by atoms with Crippen molar-refractivity contribution in [3.63, 3.8) is 0 Å². The maximum absolute atomic E-state index is 13.0. The molecule has 0 aliphatic carbocycles. The summed E-state index contributed by atoms with van der Waals surface area (Å²) in [6.45, 7) is 4.10. The van der Waals surface area contributed by atoms with Crippen LogP contribution in [0.3, 0.4) is 0 Å². The Kier molecular flexibility index (Phi) is 4.57. The summed E-state index contributed by atoms with van der Waals surface area (Å²) in [5.74, 6) is -0.324. The summed E-state index contributed by atoms with van der Waals surface area (Å²) >= 11 is 0. The van der Waals surface area contributed by atoms with Crippen LogP contribution in [-0.4, -0.2) is 22.3 Å². The summed E-state index contributed by atoms with van der Waals surface area (Å²) in [4.78, 5) is 11.7. The van der Waals surface area contributed by atoms with E-state index in [1.807, 2.05) is 20.9 Å². The molecule has 0 aliphatic rings. The van der Waals surface area contributed by atoms with E-state index < -0.39 is 5.82 Å². The first-order valence-corrected chi connectivity index (χ1v) is 6.61. The molecule has 0 radical (unpaired) electrons. The van der Waals surface area contributed by atoms with E-state index in [0.29, 0.717) is 12.3 Å². The molecule has 21 heavy (non-hydrogen) atoms. The fourth-order valence-electron chi connectivity index (χ4n) is 2.02. The number of carbonyl (C=O) groups is 1. The second-order valence-corrected chi connectivity index (χ2v) is 4.80. The van der Waals surface area contributed by atoms with Gasteiger partial charge < -0.3 is 10.1 Å². The molecule has 0 unspecified atom stereocenters. The molecule has 1 amide bonds. The van der Waals surface area contributed by atoms with E-state index in [0.717, 1.165) is 17.0 Å². The van der Waals surface area contributed by atoms with E-state index in [1.165, 1.54) is 18.2 Å². The number of ether oxygens (including phenoxy) is 1. The number of halogens is 1. The van der Waals surface area contributed by atoms with Gasteiger partial charge in [0.2, 0.25) is 0 Å². The number of nitrogens with zero attached hydrogens (tertiary/aromatic N) is 2. The molecular weight excluding hydrogens is 273 g/mol. The molecule has 1 heterocycles. The maximum Gasteiger partial charge on any atom is 0.258 e. The molecule has 0 spiro atoms. The summed E-state index contributed by atoms with van der Waals surface area (Å²) in [7, 11) is 1.86. The lowest BCUT2D eigenvalue weighted by atomic mass is 10.2. The van der Waals surface area contributed by atoms with Crippen molar-refractivity contribution < 1.29 is 13.9 Å². The average molecular weight is 291 g/mol. The van der Waals surface area contributed by atoms with Crippen molar-refractivity contribution in [1.82, 2.24) is 15.1 Å². The van der Waals surface area contributed by atoms with Gasteiger partial charge in [-0.2, -0.15) is 5.10 Å². The second kappa shape index (κ2) is 6.39. The van der Waals surface area contributed by atoms with Crippen molar-refractivity contribution >= 4 is 5.91 Å². The van der Waals surface area contributed by atoms with Crippen LogP contribution in [0, 0.1) is 19.7 Å². The van der Waals surface area contributed by atoms with Crippen molar-refractivity contribution in [2.75, 3.05) is 6.61 Å². The van der Waals surface area contributed by atoms with Crippen molar-refractivity contribution in [3.05, 3.63) is 47.0 Å². The topological polar surface area (TPSA) is 56.2 Å². The van der Waals surface area contributed by atoms with Crippen molar-refractivity contribution in [2.24, 2.45) is 7.05 Å². The number of carbonyl (C=O) groups excluding carboxylic acids is 1. The smallest absolute Gasteiger partial charge is 0.258 e. The summed E-state index contributed by atoms with van der Waals surface area (Å²) < 4.78 is 20.0. The number of hydrogen-bond acceptors (Lipinski definition) is 3. The van der Waals surface area contributed by atoms with Crippen LogP contribution in [0.15, 0.2) is 24.3 Å². The molecule has 112 valence electrons. The van der Waals surface area contributed by atoms with Crippen molar-refractivity contribution in [3.8, 4) is 5.75 Å². The molecule has 1 aromatic heterocycles. The molecule has 5 nitrogen and oxygen atoms in total. The van der Waals surface area contributed by atoms with Gasteiger partial charge in [0, 0.05) is 30.9 Å². The highest BCUT2D eigenvalue weighted by atomic mass is 19.1. The van der Waals surface area contributed by atoms with Gasteiger partial charge in [0.25, 0.3) is 5.91 Å². The first kappa shape index (κ1) is 15.0. The Hall–Kier alpha value is -2.37. The lowest BCUT2D eigenvalue weighted by Gasteiger charge is -2.08. The number of amides is 1. The highest BCUT2D eigenvalue weighted by Gasteiger charge is 2.10. The molecule has 0 atom stereocenters. The summed E-state index contributed by atoms with van der Waals surface area (Å²) in [6, 6.07) is 5.69. The molecule has 2 aromatic rings. The normalized spacial score (nSPS) is 10.5. The third kappa shape index (κ3) is 3.81. The van der Waals surface area contributed by atoms with E-state index >= 15 is 0 Å². The van der Waals surface area contributed by atoms with Gasteiger partial charge in [0.1, 0.15) is 11.6 Å². The molecule has 0 bridgehead atoms. The van der Waals surface area contributed by atoms with E-state index in [2.05, 4.69) is 10.4 Å². The Balaban J connectivity index is 1.85. The Morgan fingerprint density at radius 2 is 2.19 bits per heavy atom. The Morgan fingerprint density at radius 3 is 2.81 bits per heavy atom. The maximum atomic E-state index is 13.0. The van der Waals surface area contributed by atoms with Gasteiger partial charge in [-0.25, -0.2) is 4.39 Å². The molecule has 6 heteroatoms. The van der Waals surface area contributed by atoms with Gasteiger partial charge >= 0.3 is 0 Å². The molecular formula is C15H18FN3O2. The fraction of sp³-hybridized carbons (Fsp3) is 0.333. The zero-order valence-electron chi connectivity index (χ0n) is 12.3. The van der Waals surface area contributed by atoms with E-state index in [-0.39, 0.29) is 12.5 Å². The zero-order valence-corrected chi connectivity index (χ0v) is 12.3. The summed E-state index contributed by atoms with van der Waals surface area (Å²) in [6.07, 6.45) is 0.